The monoisotopic (exact) mass is 440 g/mol. The minimum atomic E-state index is -0.583. The first-order valence-corrected chi connectivity index (χ1v) is 11.4. The third kappa shape index (κ3) is 3.06. The van der Waals surface area contributed by atoms with Crippen molar-refractivity contribution in [2.45, 2.75) is 5.41 Å². The molecule has 1 aliphatic rings. The van der Waals surface area contributed by atoms with Crippen LogP contribution in [0.4, 0.5) is 11.4 Å². The van der Waals surface area contributed by atoms with Gasteiger partial charge in [-0.05, 0) is 34.4 Å². The molecule has 0 radical (unpaired) electrons. The zero-order valence-corrected chi connectivity index (χ0v) is 18.6. The highest BCUT2D eigenvalue weighted by atomic mass is 16.5. The predicted octanol–water partition coefficient (Wildman–Crippen LogP) is 7.01. The Bertz CT molecular complexity index is 1420. The molecule has 0 spiro atoms. The summed E-state index contributed by atoms with van der Waals surface area (Å²) in [7, 11) is 0. The first kappa shape index (κ1) is 20.1. The Labute approximate surface area is 199 Å². The Hall–Kier alpha value is -4.50. The lowest BCUT2D eigenvalue weighted by Gasteiger charge is -2.41. The summed E-state index contributed by atoms with van der Waals surface area (Å²) in [5.74, 6) is 1.49. The molecule has 0 unspecified atom stereocenters. The summed E-state index contributed by atoms with van der Waals surface area (Å²) in [4.78, 5) is 0. The second kappa shape index (κ2) is 7.82. The van der Waals surface area contributed by atoms with E-state index < -0.39 is 5.41 Å². The van der Waals surface area contributed by atoms with Gasteiger partial charge in [-0.2, -0.15) is 0 Å². The van der Waals surface area contributed by atoms with E-state index in [1.165, 1.54) is 11.1 Å². The molecule has 5 aromatic carbocycles. The Morgan fingerprint density at radius 3 is 1.50 bits per heavy atom. The van der Waals surface area contributed by atoms with Gasteiger partial charge in [0.05, 0.1) is 5.41 Å². The maximum atomic E-state index is 6.37. The third-order valence-electron chi connectivity index (χ3n) is 6.67. The Morgan fingerprint density at radius 1 is 0.471 bits per heavy atom. The summed E-state index contributed by atoms with van der Waals surface area (Å²) in [5.41, 5.74) is 19.9. The summed E-state index contributed by atoms with van der Waals surface area (Å²) in [6, 6.07) is 41.7. The summed E-state index contributed by atoms with van der Waals surface area (Å²) in [5, 5.41) is 0. The smallest absolute Gasteiger partial charge is 0.134 e. The number of hydrogen-bond donors (Lipinski definition) is 2. The first-order valence-electron chi connectivity index (χ1n) is 11.4. The Balaban J connectivity index is 1.67. The molecule has 34 heavy (non-hydrogen) atoms. The molecule has 5 aromatic rings. The Morgan fingerprint density at radius 2 is 0.941 bits per heavy atom. The van der Waals surface area contributed by atoms with Crippen molar-refractivity contribution in [2.24, 2.45) is 0 Å². The van der Waals surface area contributed by atoms with Crippen LogP contribution in [0, 0.1) is 0 Å². The molecule has 1 aliphatic heterocycles. The van der Waals surface area contributed by atoms with Gasteiger partial charge in [0.25, 0.3) is 0 Å². The largest absolute Gasteiger partial charge is 0.457 e. The van der Waals surface area contributed by atoms with Gasteiger partial charge < -0.3 is 16.2 Å². The standard InChI is InChI=1S/C31H24N2O/c32-25-15-17-27-29(19-25)34-30-20-26(33)16-18-28(30)31(27,23-9-5-2-6-10-23)24-13-11-22(12-14-24)21-7-3-1-4-8-21/h1-20H,32-33H2. The van der Waals surface area contributed by atoms with Crippen LogP contribution in [0.5, 0.6) is 11.5 Å². The van der Waals surface area contributed by atoms with Crippen molar-refractivity contribution in [3.05, 3.63) is 144 Å². The molecule has 0 bridgehead atoms. The van der Waals surface area contributed by atoms with Gasteiger partial charge in [0.1, 0.15) is 11.5 Å². The van der Waals surface area contributed by atoms with Gasteiger partial charge in [0.2, 0.25) is 0 Å². The number of nitrogen functional groups attached to an aromatic ring is 2. The van der Waals surface area contributed by atoms with Crippen LogP contribution in [0.25, 0.3) is 11.1 Å². The second-order valence-corrected chi connectivity index (χ2v) is 8.67. The highest BCUT2D eigenvalue weighted by molar-refractivity contribution is 5.73. The number of ether oxygens (including phenoxy) is 1. The molecule has 0 saturated carbocycles. The van der Waals surface area contributed by atoms with Crippen LogP contribution < -0.4 is 16.2 Å². The SMILES string of the molecule is Nc1ccc2c(c1)Oc1cc(N)ccc1C2(c1ccccc1)c1ccc(-c2ccccc2)cc1. The molecule has 0 aliphatic carbocycles. The van der Waals surface area contributed by atoms with E-state index in [0.29, 0.717) is 11.4 Å². The molecule has 3 heteroatoms. The molecule has 0 aromatic heterocycles. The fourth-order valence-corrected chi connectivity index (χ4v) is 5.15. The number of anilines is 2. The van der Waals surface area contributed by atoms with Gasteiger partial charge in [-0.15, -0.1) is 0 Å². The number of rotatable bonds is 3. The highest BCUT2D eigenvalue weighted by Crippen LogP contribution is 2.56. The fourth-order valence-electron chi connectivity index (χ4n) is 5.15. The van der Waals surface area contributed by atoms with E-state index in [-0.39, 0.29) is 0 Å². The van der Waals surface area contributed by atoms with E-state index in [9.17, 15) is 0 Å². The van der Waals surface area contributed by atoms with E-state index in [0.717, 1.165) is 33.8 Å². The molecule has 0 saturated heterocycles. The molecule has 164 valence electrons. The van der Waals surface area contributed by atoms with Crippen LogP contribution in [0.3, 0.4) is 0 Å². The highest BCUT2D eigenvalue weighted by Gasteiger charge is 2.45. The van der Waals surface area contributed by atoms with Crippen molar-refractivity contribution >= 4 is 11.4 Å². The van der Waals surface area contributed by atoms with Gasteiger partial charge in [0.15, 0.2) is 0 Å². The van der Waals surface area contributed by atoms with Gasteiger partial charge in [-0.1, -0.05) is 97.1 Å². The summed E-state index contributed by atoms with van der Waals surface area (Å²) in [6.45, 7) is 0. The maximum Gasteiger partial charge on any atom is 0.134 e. The van der Waals surface area contributed by atoms with Crippen molar-refractivity contribution in [1.29, 1.82) is 0 Å². The van der Waals surface area contributed by atoms with E-state index >= 15 is 0 Å². The van der Waals surface area contributed by atoms with Crippen molar-refractivity contribution in [3.8, 4) is 22.6 Å². The zero-order chi connectivity index (χ0) is 23.1. The number of hydrogen-bond acceptors (Lipinski definition) is 3. The van der Waals surface area contributed by atoms with Gasteiger partial charge in [-0.3, -0.25) is 0 Å². The summed E-state index contributed by atoms with van der Waals surface area (Å²) in [6.07, 6.45) is 0. The van der Waals surface area contributed by atoms with Crippen LogP contribution in [0.1, 0.15) is 22.3 Å². The average Bonchev–Trinajstić information content (AvgIpc) is 2.88. The van der Waals surface area contributed by atoms with Gasteiger partial charge in [-0.25, -0.2) is 0 Å². The molecule has 6 rings (SSSR count). The van der Waals surface area contributed by atoms with E-state index in [2.05, 4.69) is 84.9 Å². The molecule has 0 fully saturated rings. The molecule has 4 N–H and O–H groups in total. The second-order valence-electron chi connectivity index (χ2n) is 8.67. The maximum absolute atomic E-state index is 6.37. The number of benzene rings is 5. The van der Waals surface area contributed by atoms with E-state index in [4.69, 9.17) is 16.2 Å². The van der Waals surface area contributed by atoms with Crippen molar-refractivity contribution in [1.82, 2.24) is 0 Å². The lowest BCUT2D eigenvalue weighted by atomic mass is 9.63. The minimum absolute atomic E-state index is 0.583. The summed E-state index contributed by atoms with van der Waals surface area (Å²) >= 11 is 0. The quantitative estimate of drug-likeness (QED) is 0.291. The van der Waals surface area contributed by atoms with Crippen LogP contribution in [0.2, 0.25) is 0 Å². The van der Waals surface area contributed by atoms with Crippen molar-refractivity contribution in [3.63, 3.8) is 0 Å². The zero-order valence-electron chi connectivity index (χ0n) is 18.6. The van der Waals surface area contributed by atoms with Crippen LogP contribution >= 0.6 is 0 Å². The van der Waals surface area contributed by atoms with Crippen LogP contribution in [-0.4, -0.2) is 0 Å². The molecule has 1 heterocycles. The number of fused-ring (bicyclic) bond motifs is 2. The van der Waals surface area contributed by atoms with Crippen molar-refractivity contribution < 1.29 is 4.74 Å². The van der Waals surface area contributed by atoms with Crippen LogP contribution in [-0.2, 0) is 5.41 Å². The fraction of sp³-hybridized carbons (Fsp3) is 0.0323. The molecule has 3 nitrogen and oxygen atoms in total. The molecule has 0 amide bonds. The lowest BCUT2D eigenvalue weighted by Crippen LogP contribution is -2.34. The average molecular weight is 441 g/mol. The van der Waals surface area contributed by atoms with Gasteiger partial charge in [0, 0.05) is 34.6 Å². The van der Waals surface area contributed by atoms with Crippen LogP contribution in [0.15, 0.2) is 121 Å². The van der Waals surface area contributed by atoms with E-state index in [1.54, 1.807) is 0 Å². The molecular formula is C31H24N2O. The summed E-state index contributed by atoms with van der Waals surface area (Å²) < 4.78 is 6.37. The molecular weight excluding hydrogens is 416 g/mol. The molecule has 0 atom stereocenters. The predicted molar refractivity (Wildman–Crippen MR) is 139 cm³/mol. The van der Waals surface area contributed by atoms with E-state index in [1.807, 2.05) is 36.4 Å². The topological polar surface area (TPSA) is 61.3 Å². The Kier molecular flexibility index (Phi) is 4.63. The first-order chi connectivity index (χ1) is 16.7. The minimum Gasteiger partial charge on any atom is -0.457 e. The number of nitrogens with two attached hydrogens (primary N) is 2. The van der Waals surface area contributed by atoms with Gasteiger partial charge >= 0.3 is 0 Å². The third-order valence-corrected chi connectivity index (χ3v) is 6.67. The lowest BCUT2D eigenvalue weighted by molar-refractivity contribution is 0.435. The van der Waals surface area contributed by atoms with Crippen molar-refractivity contribution in [2.75, 3.05) is 11.5 Å². The normalized spacial score (nSPS) is 13.4.